The molecule has 2 aromatic carbocycles. The second-order valence-corrected chi connectivity index (χ2v) is 9.81. The van der Waals surface area contributed by atoms with E-state index in [1.165, 1.54) is 17.3 Å². The molecule has 3 heterocycles. The Hall–Kier alpha value is -3.49. The highest BCUT2D eigenvalue weighted by Crippen LogP contribution is 2.33. The van der Waals surface area contributed by atoms with E-state index in [1.807, 2.05) is 28.8 Å². The smallest absolute Gasteiger partial charge is 0.230 e. The predicted octanol–water partition coefficient (Wildman–Crippen LogP) is 5.04. The zero-order valence-electron chi connectivity index (χ0n) is 20.3. The number of rotatable bonds is 9. The fourth-order valence-corrected chi connectivity index (χ4v) is 5.11. The van der Waals surface area contributed by atoms with Gasteiger partial charge in [0, 0.05) is 36.2 Å². The fourth-order valence-electron chi connectivity index (χ4n) is 4.34. The lowest BCUT2D eigenvalue weighted by atomic mass is 10.0. The minimum atomic E-state index is -0.0405. The van der Waals surface area contributed by atoms with E-state index in [0.717, 1.165) is 53.0 Å². The highest BCUT2D eigenvalue weighted by Gasteiger charge is 2.20. The number of pyridine rings is 1. The number of para-hydroxylation sites is 1. The van der Waals surface area contributed by atoms with Gasteiger partial charge in [0.1, 0.15) is 0 Å². The zero-order chi connectivity index (χ0) is 24.9. The van der Waals surface area contributed by atoms with Gasteiger partial charge in [0.25, 0.3) is 0 Å². The summed E-state index contributed by atoms with van der Waals surface area (Å²) < 4.78 is 7.59. The number of allylic oxidation sites excluding steroid dienone is 1. The maximum atomic E-state index is 12.4. The summed E-state index contributed by atoms with van der Waals surface area (Å²) in [6, 6.07) is 18.5. The number of nitrogens with zero attached hydrogens (tertiary/aromatic N) is 4. The summed E-state index contributed by atoms with van der Waals surface area (Å²) in [5, 5.41) is 13.6. The number of ether oxygens (including phenoxy) is 1. The van der Waals surface area contributed by atoms with E-state index in [-0.39, 0.29) is 17.8 Å². The number of hydrogen-bond donors (Lipinski definition) is 1. The molecule has 0 unspecified atom stereocenters. The molecule has 1 aliphatic rings. The van der Waals surface area contributed by atoms with E-state index >= 15 is 0 Å². The van der Waals surface area contributed by atoms with Gasteiger partial charge in [-0.2, -0.15) is 0 Å². The van der Waals surface area contributed by atoms with Crippen molar-refractivity contribution in [2.24, 2.45) is 0 Å². The first kappa shape index (κ1) is 24.2. The van der Waals surface area contributed by atoms with Crippen LogP contribution in [0, 0.1) is 6.92 Å². The molecule has 0 saturated carbocycles. The molecule has 2 aromatic heterocycles. The number of benzene rings is 2. The molecule has 0 aliphatic carbocycles. The van der Waals surface area contributed by atoms with Gasteiger partial charge in [-0.3, -0.25) is 9.36 Å². The molecule has 5 rings (SSSR count). The molecule has 0 radical (unpaired) electrons. The van der Waals surface area contributed by atoms with E-state index in [1.54, 1.807) is 0 Å². The minimum absolute atomic E-state index is 0.0405. The molecule has 0 spiro atoms. The topological polar surface area (TPSA) is 81.9 Å². The Morgan fingerprint density at radius 3 is 2.83 bits per heavy atom. The monoisotopic (exact) mass is 499 g/mol. The molecular weight excluding hydrogens is 470 g/mol. The number of fused-ring (bicyclic) bond motifs is 1. The number of thioether (sulfide) groups is 1. The summed E-state index contributed by atoms with van der Waals surface area (Å²) >= 11 is 1.37. The van der Waals surface area contributed by atoms with Gasteiger partial charge in [-0.05, 0) is 31.9 Å². The average Bonchev–Trinajstić information content (AvgIpc) is 3.56. The summed E-state index contributed by atoms with van der Waals surface area (Å²) in [6.07, 6.45) is 3.99. The van der Waals surface area contributed by atoms with Crippen molar-refractivity contribution in [3.05, 3.63) is 72.8 Å². The van der Waals surface area contributed by atoms with Gasteiger partial charge in [-0.1, -0.05) is 65.9 Å². The molecular formula is C28H29N5O2S. The Balaban J connectivity index is 1.45. The van der Waals surface area contributed by atoms with Crippen LogP contribution in [0.3, 0.4) is 0 Å². The van der Waals surface area contributed by atoms with E-state index in [2.05, 4.69) is 65.4 Å². The van der Waals surface area contributed by atoms with E-state index in [4.69, 9.17) is 9.72 Å². The van der Waals surface area contributed by atoms with Crippen LogP contribution >= 0.6 is 11.8 Å². The van der Waals surface area contributed by atoms with Crippen LogP contribution < -0.4 is 5.32 Å². The first-order valence-corrected chi connectivity index (χ1v) is 13.1. The van der Waals surface area contributed by atoms with Gasteiger partial charge in [-0.25, -0.2) is 4.98 Å². The minimum Gasteiger partial charge on any atom is -0.376 e. The van der Waals surface area contributed by atoms with Crippen LogP contribution in [0.4, 0.5) is 0 Å². The Kier molecular flexibility index (Phi) is 7.44. The van der Waals surface area contributed by atoms with Crippen molar-refractivity contribution in [1.82, 2.24) is 25.1 Å². The van der Waals surface area contributed by atoms with Crippen LogP contribution in [-0.4, -0.2) is 50.7 Å². The number of amides is 1. The maximum Gasteiger partial charge on any atom is 0.230 e. The third kappa shape index (κ3) is 5.34. The van der Waals surface area contributed by atoms with Crippen molar-refractivity contribution in [2.75, 3.05) is 18.9 Å². The quantitative estimate of drug-likeness (QED) is 0.257. The summed E-state index contributed by atoms with van der Waals surface area (Å²) in [4.78, 5) is 17.4. The molecule has 8 heteroatoms. The van der Waals surface area contributed by atoms with Gasteiger partial charge in [0.2, 0.25) is 5.91 Å². The normalized spacial score (nSPS) is 15.3. The van der Waals surface area contributed by atoms with Crippen molar-refractivity contribution < 1.29 is 9.53 Å². The number of carbonyl (C=O) groups excluding carboxylic acids is 1. The molecule has 4 aromatic rings. The highest BCUT2D eigenvalue weighted by molar-refractivity contribution is 7.99. The Bertz CT molecular complexity index is 1380. The molecule has 1 fully saturated rings. The van der Waals surface area contributed by atoms with E-state index in [9.17, 15) is 4.79 Å². The first-order chi connectivity index (χ1) is 17.6. The van der Waals surface area contributed by atoms with Crippen molar-refractivity contribution in [3.8, 4) is 22.6 Å². The number of hydrogen-bond acceptors (Lipinski definition) is 6. The lowest BCUT2D eigenvalue weighted by molar-refractivity contribution is -0.119. The van der Waals surface area contributed by atoms with Crippen molar-refractivity contribution >= 4 is 28.6 Å². The van der Waals surface area contributed by atoms with Crippen molar-refractivity contribution in [2.45, 2.75) is 37.6 Å². The van der Waals surface area contributed by atoms with Gasteiger partial charge in [-0.15, -0.1) is 16.8 Å². The van der Waals surface area contributed by atoms with Crippen molar-refractivity contribution in [3.63, 3.8) is 0 Å². The van der Waals surface area contributed by atoms with E-state index in [0.29, 0.717) is 18.2 Å². The molecule has 1 saturated heterocycles. The van der Waals surface area contributed by atoms with Crippen LogP contribution in [0.15, 0.2) is 72.4 Å². The van der Waals surface area contributed by atoms with Gasteiger partial charge < -0.3 is 10.1 Å². The van der Waals surface area contributed by atoms with E-state index < -0.39 is 0 Å². The standard InChI is InChI=1S/C28H29N5O2S/c1-3-14-33-27(31-32-28(33)36-18-26(34)29-17-21-7-6-15-35-21)23-16-25(20-12-10-19(2)11-13-20)30-24-9-5-4-8-22(23)24/h3-5,8-13,16,21H,1,6-7,14-15,17-18H2,2H3,(H,29,34)/t21-/m1/s1. The van der Waals surface area contributed by atoms with Gasteiger partial charge in [0.15, 0.2) is 11.0 Å². The Morgan fingerprint density at radius 1 is 1.22 bits per heavy atom. The van der Waals surface area contributed by atoms with Crippen LogP contribution in [0.5, 0.6) is 0 Å². The SMILES string of the molecule is C=CCn1c(SCC(=O)NC[C@H]2CCCO2)nnc1-c1cc(-c2ccc(C)cc2)nc2ccccc12. The predicted molar refractivity (Wildman–Crippen MR) is 144 cm³/mol. The molecule has 1 amide bonds. The van der Waals surface area contributed by atoms with Gasteiger partial charge >= 0.3 is 0 Å². The third-order valence-electron chi connectivity index (χ3n) is 6.22. The lowest BCUT2D eigenvalue weighted by Crippen LogP contribution is -2.32. The average molecular weight is 500 g/mol. The fraction of sp³-hybridized carbons (Fsp3) is 0.286. The number of nitrogens with one attached hydrogen (secondary N) is 1. The zero-order valence-corrected chi connectivity index (χ0v) is 21.1. The maximum absolute atomic E-state index is 12.4. The number of carbonyl (C=O) groups is 1. The summed E-state index contributed by atoms with van der Waals surface area (Å²) in [6.45, 7) is 7.85. The highest BCUT2D eigenvalue weighted by atomic mass is 32.2. The van der Waals surface area contributed by atoms with Crippen LogP contribution in [0.25, 0.3) is 33.5 Å². The second kappa shape index (κ2) is 11.1. The van der Waals surface area contributed by atoms with Crippen LogP contribution in [-0.2, 0) is 16.1 Å². The summed E-state index contributed by atoms with van der Waals surface area (Å²) in [5.74, 6) is 0.943. The molecule has 1 aliphatic heterocycles. The third-order valence-corrected chi connectivity index (χ3v) is 7.18. The largest absolute Gasteiger partial charge is 0.376 e. The van der Waals surface area contributed by atoms with Gasteiger partial charge in [0.05, 0.1) is 23.1 Å². The van der Waals surface area contributed by atoms with Crippen molar-refractivity contribution in [1.29, 1.82) is 0 Å². The second-order valence-electron chi connectivity index (χ2n) is 8.87. The molecule has 7 nitrogen and oxygen atoms in total. The summed E-state index contributed by atoms with van der Waals surface area (Å²) in [5.41, 5.74) is 4.95. The Morgan fingerprint density at radius 2 is 2.06 bits per heavy atom. The molecule has 36 heavy (non-hydrogen) atoms. The first-order valence-electron chi connectivity index (χ1n) is 12.1. The molecule has 1 N–H and O–H groups in total. The molecule has 184 valence electrons. The summed E-state index contributed by atoms with van der Waals surface area (Å²) in [7, 11) is 0. The number of aromatic nitrogens is 4. The molecule has 1 atom stereocenters. The number of aryl methyl sites for hydroxylation is 1. The molecule has 0 bridgehead atoms. The van der Waals surface area contributed by atoms with Crippen LogP contribution in [0.2, 0.25) is 0 Å². The lowest BCUT2D eigenvalue weighted by Gasteiger charge is -2.12. The van der Waals surface area contributed by atoms with Crippen LogP contribution in [0.1, 0.15) is 18.4 Å². The Labute approximate surface area is 215 Å².